The first-order valence-electron chi connectivity index (χ1n) is 7.35. The van der Waals surface area contributed by atoms with E-state index in [1.54, 1.807) is 11.3 Å². The Morgan fingerprint density at radius 2 is 1.95 bits per heavy atom. The van der Waals surface area contributed by atoms with Crippen molar-refractivity contribution in [2.24, 2.45) is 0 Å². The molecule has 3 rings (SSSR count). The lowest BCUT2D eigenvalue weighted by Crippen LogP contribution is -2.21. The summed E-state index contributed by atoms with van der Waals surface area (Å²) in [7, 11) is 0. The maximum Gasteiger partial charge on any atom is 0.0940 e. The van der Waals surface area contributed by atoms with E-state index in [1.807, 2.05) is 6.92 Å². The molecule has 0 radical (unpaired) electrons. The fraction of sp³-hybridized carbons (Fsp3) is 0.278. The summed E-state index contributed by atoms with van der Waals surface area (Å²) in [6, 6.07) is 15.6. The van der Waals surface area contributed by atoms with Crippen LogP contribution >= 0.6 is 11.3 Å². The highest BCUT2D eigenvalue weighted by atomic mass is 32.1. The molecule has 0 saturated carbocycles. The van der Waals surface area contributed by atoms with Crippen LogP contribution in [0.2, 0.25) is 0 Å². The van der Waals surface area contributed by atoms with Crippen LogP contribution in [-0.2, 0) is 6.42 Å². The van der Waals surface area contributed by atoms with Gasteiger partial charge < -0.3 is 5.32 Å². The number of aromatic nitrogens is 1. The molecule has 1 unspecified atom stereocenters. The summed E-state index contributed by atoms with van der Waals surface area (Å²) in [6.07, 6.45) is 0.996. The van der Waals surface area contributed by atoms with Crippen LogP contribution in [0.1, 0.15) is 29.2 Å². The molecule has 3 heteroatoms. The fourth-order valence-electron chi connectivity index (χ4n) is 2.51. The second-order valence-corrected chi connectivity index (χ2v) is 6.36. The molecule has 1 atom stereocenters. The Morgan fingerprint density at radius 3 is 2.71 bits per heavy atom. The Balaban J connectivity index is 1.62. The fourth-order valence-corrected chi connectivity index (χ4v) is 3.28. The van der Waals surface area contributed by atoms with Gasteiger partial charge in [0.15, 0.2) is 0 Å². The normalized spacial score (nSPS) is 12.7. The van der Waals surface area contributed by atoms with E-state index >= 15 is 0 Å². The highest BCUT2D eigenvalue weighted by Crippen LogP contribution is 2.20. The zero-order valence-corrected chi connectivity index (χ0v) is 13.3. The Labute approximate surface area is 129 Å². The Morgan fingerprint density at radius 1 is 1.14 bits per heavy atom. The first kappa shape index (κ1) is 14.2. The largest absolute Gasteiger partial charge is 0.310 e. The molecule has 0 bridgehead atoms. The molecule has 3 aromatic rings. The molecule has 0 amide bonds. The number of thiazole rings is 1. The molecule has 2 nitrogen and oxygen atoms in total. The van der Waals surface area contributed by atoms with E-state index in [0.29, 0.717) is 6.04 Å². The Kier molecular flexibility index (Phi) is 4.32. The predicted molar refractivity (Wildman–Crippen MR) is 90.9 cm³/mol. The lowest BCUT2D eigenvalue weighted by atomic mass is 10.0. The summed E-state index contributed by atoms with van der Waals surface area (Å²) in [4.78, 5) is 4.50. The molecule has 1 heterocycles. The number of rotatable bonds is 5. The van der Waals surface area contributed by atoms with Crippen LogP contribution in [0, 0.1) is 6.92 Å². The molecule has 0 spiro atoms. The van der Waals surface area contributed by atoms with Crippen molar-refractivity contribution >= 4 is 22.1 Å². The minimum Gasteiger partial charge on any atom is -0.310 e. The van der Waals surface area contributed by atoms with Gasteiger partial charge in [-0.1, -0.05) is 36.4 Å². The van der Waals surface area contributed by atoms with Crippen LogP contribution in [0.15, 0.2) is 47.8 Å². The van der Waals surface area contributed by atoms with Gasteiger partial charge in [0, 0.05) is 30.1 Å². The van der Waals surface area contributed by atoms with E-state index in [-0.39, 0.29) is 0 Å². The van der Waals surface area contributed by atoms with Crippen molar-refractivity contribution in [3.05, 3.63) is 64.1 Å². The van der Waals surface area contributed by atoms with E-state index in [2.05, 4.69) is 65.1 Å². The van der Waals surface area contributed by atoms with Crippen molar-refractivity contribution in [3.8, 4) is 0 Å². The number of fused-ring (bicyclic) bond motifs is 1. The zero-order chi connectivity index (χ0) is 14.7. The van der Waals surface area contributed by atoms with Crippen molar-refractivity contribution in [2.45, 2.75) is 26.3 Å². The third kappa shape index (κ3) is 3.49. The first-order chi connectivity index (χ1) is 10.2. The van der Waals surface area contributed by atoms with Gasteiger partial charge in [0.25, 0.3) is 0 Å². The number of hydrogen-bond donors (Lipinski definition) is 1. The molecule has 0 aliphatic heterocycles. The lowest BCUT2D eigenvalue weighted by Gasteiger charge is -2.14. The lowest BCUT2D eigenvalue weighted by molar-refractivity contribution is 0.576. The SMILES string of the molecule is Cc1csc(CCNC(C)c2ccc3ccccc3c2)n1. The van der Waals surface area contributed by atoms with Crippen LogP contribution in [0.5, 0.6) is 0 Å². The summed E-state index contributed by atoms with van der Waals surface area (Å²) in [5.74, 6) is 0. The maximum absolute atomic E-state index is 4.50. The van der Waals surface area contributed by atoms with Crippen LogP contribution in [-0.4, -0.2) is 11.5 Å². The van der Waals surface area contributed by atoms with Gasteiger partial charge in [-0.15, -0.1) is 11.3 Å². The standard InChI is InChI=1S/C18H20N2S/c1-13-12-21-18(20-13)9-10-19-14(2)16-8-7-15-5-3-4-6-17(15)11-16/h3-8,11-12,14,19H,9-10H2,1-2H3. The Bertz CT molecular complexity index is 733. The van der Waals surface area contributed by atoms with Crippen LogP contribution in [0.25, 0.3) is 10.8 Å². The molecule has 1 aromatic heterocycles. The third-order valence-electron chi connectivity index (χ3n) is 3.73. The van der Waals surface area contributed by atoms with Gasteiger partial charge >= 0.3 is 0 Å². The van der Waals surface area contributed by atoms with Gasteiger partial charge in [0.05, 0.1) is 5.01 Å². The van der Waals surface area contributed by atoms with Crippen molar-refractivity contribution in [1.82, 2.24) is 10.3 Å². The summed E-state index contributed by atoms with van der Waals surface area (Å²) < 4.78 is 0. The third-order valence-corrected chi connectivity index (χ3v) is 4.76. The van der Waals surface area contributed by atoms with Gasteiger partial charge in [-0.2, -0.15) is 0 Å². The van der Waals surface area contributed by atoms with E-state index < -0.39 is 0 Å². The van der Waals surface area contributed by atoms with Crippen molar-refractivity contribution < 1.29 is 0 Å². The number of nitrogens with one attached hydrogen (secondary N) is 1. The first-order valence-corrected chi connectivity index (χ1v) is 8.23. The summed E-state index contributed by atoms with van der Waals surface area (Å²) in [6.45, 7) is 5.23. The minimum atomic E-state index is 0.357. The molecule has 0 aliphatic rings. The molecule has 2 aromatic carbocycles. The topological polar surface area (TPSA) is 24.9 Å². The predicted octanol–water partition coefficient (Wildman–Crippen LogP) is 4.50. The second-order valence-electron chi connectivity index (χ2n) is 5.42. The monoisotopic (exact) mass is 296 g/mol. The minimum absolute atomic E-state index is 0.357. The van der Waals surface area contributed by atoms with Crippen molar-refractivity contribution in [3.63, 3.8) is 0 Å². The molecule has 108 valence electrons. The van der Waals surface area contributed by atoms with Gasteiger partial charge in [-0.25, -0.2) is 4.98 Å². The highest BCUT2D eigenvalue weighted by Gasteiger charge is 2.06. The number of aryl methyl sites for hydroxylation is 1. The summed E-state index contributed by atoms with van der Waals surface area (Å²) >= 11 is 1.75. The second kappa shape index (κ2) is 6.37. The van der Waals surface area contributed by atoms with E-state index in [4.69, 9.17) is 0 Å². The van der Waals surface area contributed by atoms with E-state index in [9.17, 15) is 0 Å². The summed E-state index contributed by atoms with van der Waals surface area (Å²) in [5, 5.41) is 9.52. The average molecular weight is 296 g/mol. The average Bonchev–Trinajstić information content (AvgIpc) is 2.92. The van der Waals surface area contributed by atoms with Crippen molar-refractivity contribution in [1.29, 1.82) is 0 Å². The summed E-state index contributed by atoms with van der Waals surface area (Å²) in [5.41, 5.74) is 2.46. The quantitative estimate of drug-likeness (QED) is 0.750. The van der Waals surface area contributed by atoms with E-state index in [0.717, 1.165) is 18.7 Å². The maximum atomic E-state index is 4.50. The van der Waals surface area contributed by atoms with Gasteiger partial charge in [0.2, 0.25) is 0 Å². The number of benzene rings is 2. The molecule has 0 fully saturated rings. The van der Waals surface area contributed by atoms with Crippen molar-refractivity contribution in [2.75, 3.05) is 6.54 Å². The molecular formula is C18H20N2S. The van der Waals surface area contributed by atoms with Crippen LogP contribution in [0.3, 0.4) is 0 Å². The van der Waals surface area contributed by atoms with Gasteiger partial charge in [0.1, 0.15) is 0 Å². The van der Waals surface area contributed by atoms with Gasteiger partial charge in [-0.05, 0) is 36.2 Å². The molecule has 1 N–H and O–H groups in total. The smallest absolute Gasteiger partial charge is 0.0940 e. The Hall–Kier alpha value is -1.71. The number of nitrogens with zero attached hydrogens (tertiary/aromatic N) is 1. The zero-order valence-electron chi connectivity index (χ0n) is 12.5. The molecule has 0 aliphatic carbocycles. The molecule has 21 heavy (non-hydrogen) atoms. The van der Waals surface area contributed by atoms with E-state index in [1.165, 1.54) is 21.3 Å². The number of hydrogen-bond acceptors (Lipinski definition) is 3. The van der Waals surface area contributed by atoms with Crippen LogP contribution < -0.4 is 5.32 Å². The highest BCUT2D eigenvalue weighted by molar-refractivity contribution is 7.09. The van der Waals surface area contributed by atoms with Gasteiger partial charge in [-0.3, -0.25) is 0 Å². The molecule has 0 saturated heterocycles. The molecular weight excluding hydrogens is 276 g/mol. The van der Waals surface area contributed by atoms with Crippen LogP contribution in [0.4, 0.5) is 0 Å².